The van der Waals surface area contributed by atoms with Gasteiger partial charge in [-0.05, 0) is 91.2 Å². The molecule has 4 aliphatic rings. The zero-order chi connectivity index (χ0) is 14.7. The van der Waals surface area contributed by atoms with Crippen LogP contribution in [0.25, 0.3) is 0 Å². The minimum atomic E-state index is -0.577. The fourth-order valence-corrected chi connectivity index (χ4v) is 5.85. The van der Waals surface area contributed by atoms with Gasteiger partial charge in [0.15, 0.2) is 0 Å². The third kappa shape index (κ3) is 2.40. The van der Waals surface area contributed by atoms with Crippen LogP contribution in [0.1, 0.15) is 38.5 Å². The summed E-state index contributed by atoms with van der Waals surface area (Å²) in [4.78, 5) is 12.9. The van der Waals surface area contributed by atoms with Crippen LogP contribution >= 0.6 is 22.6 Å². The first-order chi connectivity index (χ1) is 9.96. The SMILES string of the molecule is O=C(Nc1cccc(I)c1)C12C[C@@H]3C[C@@H](CC(O)(C3)C1)C2. The fourth-order valence-electron chi connectivity index (χ4n) is 5.31. The Kier molecular flexibility index (Phi) is 3.12. The van der Waals surface area contributed by atoms with E-state index in [1.165, 1.54) is 6.42 Å². The lowest BCUT2D eigenvalue weighted by Crippen LogP contribution is -2.59. The average Bonchev–Trinajstić information content (AvgIpc) is 2.35. The molecule has 0 radical (unpaired) electrons. The van der Waals surface area contributed by atoms with Crippen LogP contribution in [0.5, 0.6) is 0 Å². The Morgan fingerprint density at radius 3 is 2.57 bits per heavy atom. The van der Waals surface area contributed by atoms with Crippen LogP contribution in [-0.2, 0) is 4.79 Å². The van der Waals surface area contributed by atoms with Crippen molar-refractivity contribution in [3.05, 3.63) is 27.8 Å². The molecule has 5 rings (SSSR count). The third-order valence-electron chi connectivity index (χ3n) is 5.59. The van der Waals surface area contributed by atoms with Gasteiger partial charge in [-0.25, -0.2) is 0 Å². The summed E-state index contributed by atoms with van der Waals surface area (Å²) in [5, 5.41) is 13.8. The predicted molar refractivity (Wildman–Crippen MR) is 89.9 cm³/mol. The van der Waals surface area contributed by atoms with E-state index < -0.39 is 5.60 Å². The highest BCUT2D eigenvalue weighted by Crippen LogP contribution is 2.61. The molecule has 4 bridgehead atoms. The summed E-state index contributed by atoms with van der Waals surface area (Å²) >= 11 is 2.26. The molecule has 0 aromatic heterocycles. The topological polar surface area (TPSA) is 49.3 Å². The van der Waals surface area contributed by atoms with Gasteiger partial charge in [-0.2, -0.15) is 0 Å². The van der Waals surface area contributed by atoms with Crippen molar-refractivity contribution in [2.45, 2.75) is 44.1 Å². The number of halogens is 1. The Labute approximate surface area is 138 Å². The van der Waals surface area contributed by atoms with Crippen molar-refractivity contribution in [3.8, 4) is 0 Å². The lowest BCUT2D eigenvalue weighted by atomic mass is 9.47. The van der Waals surface area contributed by atoms with Crippen LogP contribution in [0.15, 0.2) is 24.3 Å². The van der Waals surface area contributed by atoms with Gasteiger partial charge in [0.25, 0.3) is 0 Å². The van der Waals surface area contributed by atoms with E-state index in [4.69, 9.17) is 0 Å². The number of nitrogens with one attached hydrogen (secondary N) is 1. The normalized spacial score (nSPS) is 40.3. The largest absolute Gasteiger partial charge is 0.390 e. The van der Waals surface area contributed by atoms with Gasteiger partial charge in [0.1, 0.15) is 0 Å². The molecule has 1 aromatic rings. The van der Waals surface area contributed by atoms with E-state index in [1.807, 2.05) is 24.3 Å². The van der Waals surface area contributed by atoms with Crippen LogP contribution in [0.4, 0.5) is 5.69 Å². The molecule has 4 saturated carbocycles. The van der Waals surface area contributed by atoms with Crippen LogP contribution in [0, 0.1) is 20.8 Å². The number of hydrogen-bond acceptors (Lipinski definition) is 2. The third-order valence-corrected chi connectivity index (χ3v) is 6.27. The number of anilines is 1. The van der Waals surface area contributed by atoms with Crippen molar-refractivity contribution in [2.24, 2.45) is 17.3 Å². The second kappa shape index (κ2) is 4.69. The minimum Gasteiger partial charge on any atom is -0.390 e. The molecular formula is C17H20INO2. The molecule has 0 saturated heterocycles. The summed E-state index contributed by atoms with van der Waals surface area (Å²) in [5.41, 5.74) is -0.0400. The quantitative estimate of drug-likeness (QED) is 0.750. The molecule has 1 aromatic carbocycles. The number of carbonyl (C=O) groups is 1. The minimum absolute atomic E-state index is 0.122. The molecule has 3 nitrogen and oxygen atoms in total. The molecular weight excluding hydrogens is 377 g/mol. The van der Waals surface area contributed by atoms with Gasteiger partial charge in [0.05, 0.1) is 11.0 Å². The highest BCUT2D eigenvalue weighted by Gasteiger charge is 2.60. The highest BCUT2D eigenvalue weighted by molar-refractivity contribution is 14.1. The Bertz CT molecular complexity index is 586. The number of aliphatic hydroxyl groups is 1. The van der Waals surface area contributed by atoms with Gasteiger partial charge < -0.3 is 10.4 Å². The van der Waals surface area contributed by atoms with Gasteiger partial charge in [0, 0.05) is 9.26 Å². The standard InChI is InChI=1S/C17H20INO2/c18-13-2-1-3-14(5-13)19-15(20)16-6-11-4-12(7-16)9-17(21,8-11)10-16/h1-3,5,11-12,21H,4,6-10H2,(H,19,20)/t11-,12+,16?,17?. The first kappa shape index (κ1) is 14.0. The first-order valence-electron chi connectivity index (χ1n) is 7.76. The molecule has 4 aliphatic carbocycles. The lowest BCUT2D eigenvalue weighted by Gasteiger charge is -2.59. The highest BCUT2D eigenvalue weighted by atomic mass is 127. The van der Waals surface area contributed by atoms with Gasteiger partial charge in [-0.3, -0.25) is 4.79 Å². The van der Waals surface area contributed by atoms with E-state index in [9.17, 15) is 9.90 Å². The summed E-state index contributed by atoms with van der Waals surface area (Å²) in [6.07, 6.45) is 5.59. The number of hydrogen-bond donors (Lipinski definition) is 2. The Morgan fingerprint density at radius 1 is 1.24 bits per heavy atom. The van der Waals surface area contributed by atoms with Crippen molar-refractivity contribution >= 4 is 34.2 Å². The second-order valence-electron chi connectivity index (χ2n) is 7.43. The van der Waals surface area contributed by atoms with E-state index in [0.29, 0.717) is 18.3 Å². The average molecular weight is 397 g/mol. The molecule has 4 atom stereocenters. The van der Waals surface area contributed by atoms with E-state index in [1.54, 1.807) is 0 Å². The van der Waals surface area contributed by atoms with E-state index in [2.05, 4.69) is 27.9 Å². The Hall–Kier alpha value is -0.620. The molecule has 4 heteroatoms. The summed E-state index contributed by atoms with van der Waals surface area (Å²) < 4.78 is 1.12. The van der Waals surface area contributed by atoms with Crippen LogP contribution in [0.3, 0.4) is 0 Å². The second-order valence-corrected chi connectivity index (χ2v) is 8.68. The van der Waals surface area contributed by atoms with Crippen molar-refractivity contribution in [2.75, 3.05) is 5.32 Å². The Morgan fingerprint density at radius 2 is 1.95 bits per heavy atom. The van der Waals surface area contributed by atoms with Gasteiger partial charge in [0.2, 0.25) is 5.91 Å². The van der Waals surface area contributed by atoms with E-state index in [0.717, 1.165) is 34.9 Å². The molecule has 1 amide bonds. The maximum absolute atomic E-state index is 12.9. The molecule has 112 valence electrons. The lowest BCUT2D eigenvalue weighted by molar-refractivity contribution is -0.174. The number of amides is 1. The maximum Gasteiger partial charge on any atom is 0.230 e. The number of carbonyl (C=O) groups excluding carboxylic acids is 1. The van der Waals surface area contributed by atoms with E-state index in [-0.39, 0.29) is 11.3 Å². The summed E-state index contributed by atoms with van der Waals surface area (Å²) in [5.74, 6) is 1.20. The summed E-state index contributed by atoms with van der Waals surface area (Å²) in [6, 6.07) is 7.91. The van der Waals surface area contributed by atoms with Gasteiger partial charge >= 0.3 is 0 Å². The van der Waals surface area contributed by atoms with Crippen molar-refractivity contribution in [3.63, 3.8) is 0 Å². The molecule has 4 fully saturated rings. The fraction of sp³-hybridized carbons (Fsp3) is 0.588. The summed E-state index contributed by atoms with van der Waals surface area (Å²) in [6.45, 7) is 0. The smallest absolute Gasteiger partial charge is 0.230 e. The van der Waals surface area contributed by atoms with Crippen molar-refractivity contribution in [1.82, 2.24) is 0 Å². The molecule has 0 heterocycles. The molecule has 0 aliphatic heterocycles. The van der Waals surface area contributed by atoms with Gasteiger partial charge in [-0.15, -0.1) is 0 Å². The van der Waals surface area contributed by atoms with E-state index >= 15 is 0 Å². The van der Waals surface area contributed by atoms with Gasteiger partial charge in [-0.1, -0.05) is 6.07 Å². The Balaban J connectivity index is 1.59. The van der Waals surface area contributed by atoms with Crippen molar-refractivity contribution in [1.29, 1.82) is 0 Å². The zero-order valence-corrected chi connectivity index (χ0v) is 14.1. The predicted octanol–water partition coefficient (Wildman–Crippen LogP) is 3.56. The molecule has 21 heavy (non-hydrogen) atoms. The summed E-state index contributed by atoms with van der Waals surface area (Å²) in [7, 11) is 0. The van der Waals surface area contributed by atoms with Crippen LogP contribution in [-0.4, -0.2) is 16.6 Å². The number of benzene rings is 1. The first-order valence-corrected chi connectivity index (χ1v) is 8.84. The number of rotatable bonds is 2. The molecule has 2 unspecified atom stereocenters. The van der Waals surface area contributed by atoms with Crippen molar-refractivity contribution < 1.29 is 9.90 Å². The van der Waals surface area contributed by atoms with Crippen LogP contribution < -0.4 is 5.32 Å². The zero-order valence-electron chi connectivity index (χ0n) is 11.9. The monoisotopic (exact) mass is 397 g/mol. The van der Waals surface area contributed by atoms with Crippen LogP contribution in [0.2, 0.25) is 0 Å². The molecule has 0 spiro atoms. The molecule has 2 N–H and O–H groups in total. The maximum atomic E-state index is 12.9.